The minimum absolute atomic E-state index is 0.134. The molecule has 5 heteroatoms. The van der Waals surface area contributed by atoms with Crippen LogP contribution in [0.5, 0.6) is 0 Å². The second-order valence-corrected chi connectivity index (χ2v) is 1.61. The first-order valence-electron chi connectivity index (χ1n) is 2.98. The van der Waals surface area contributed by atoms with Crippen LogP contribution in [-0.2, 0) is 9.53 Å². The Morgan fingerprint density at radius 2 is 2.45 bits per heavy atom. The highest BCUT2D eigenvalue weighted by Gasteiger charge is 1.88. The monoisotopic (exact) mass is 158 g/mol. The molecule has 0 aromatic heterocycles. The number of aliphatic carboxylic acids is 1. The van der Waals surface area contributed by atoms with Gasteiger partial charge in [-0.25, -0.2) is 0 Å². The minimum atomic E-state index is -0.929. The molecule has 3 N–H and O–H groups in total. The smallest absolute Gasteiger partial charge is 0.322 e. The Morgan fingerprint density at radius 1 is 1.73 bits per heavy atom. The number of carboxylic acids is 1. The number of hydrogen-bond acceptors (Lipinski definition) is 4. The molecular formula is C6H10N2O3. The van der Waals surface area contributed by atoms with Crippen molar-refractivity contribution >= 4 is 12.2 Å². The number of carboxylic acid groups (broad SMARTS) is 1. The fourth-order valence-electron chi connectivity index (χ4n) is 0.346. The lowest BCUT2D eigenvalue weighted by molar-refractivity contribution is -0.135. The third-order valence-electron chi connectivity index (χ3n) is 0.715. The molecule has 0 bridgehead atoms. The van der Waals surface area contributed by atoms with Crippen molar-refractivity contribution in [3.63, 3.8) is 0 Å². The third kappa shape index (κ3) is 8.48. The summed E-state index contributed by atoms with van der Waals surface area (Å²) < 4.78 is 4.69. The molecule has 0 unspecified atom stereocenters. The van der Waals surface area contributed by atoms with E-state index in [2.05, 4.69) is 10.1 Å². The number of rotatable bonds is 6. The summed E-state index contributed by atoms with van der Waals surface area (Å²) >= 11 is 0. The first kappa shape index (κ1) is 9.48. The van der Waals surface area contributed by atoms with E-state index in [0.29, 0.717) is 0 Å². The highest BCUT2D eigenvalue weighted by Crippen LogP contribution is 1.71. The molecule has 0 saturated carbocycles. The van der Waals surface area contributed by atoms with E-state index in [0.717, 1.165) is 6.21 Å². The van der Waals surface area contributed by atoms with Gasteiger partial charge in [-0.3, -0.25) is 4.79 Å². The molecule has 0 saturated heterocycles. The van der Waals surface area contributed by atoms with Crippen molar-refractivity contribution in [3.05, 3.63) is 12.5 Å². The molecule has 0 atom stereocenters. The molecule has 0 rings (SSSR count). The Morgan fingerprint density at radius 3 is 3.00 bits per heavy atom. The summed E-state index contributed by atoms with van der Waals surface area (Å²) in [6.07, 6.45) is 3.77. The molecular weight excluding hydrogens is 148 g/mol. The Labute approximate surface area is 64.2 Å². The molecule has 0 fully saturated rings. The van der Waals surface area contributed by atoms with Gasteiger partial charge in [0.2, 0.25) is 0 Å². The maximum Gasteiger partial charge on any atom is 0.322 e. The Kier molecular flexibility index (Phi) is 5.69. The van der Waals surface area contributed by atoms with E-state index in [1.54, 1.807) is 0 Å². The summed E-state index contributed by atoms with van der Waals surface area (Å²) in [6, 6.07) is 0. The zero-order valence-electron chi connectivity index (χ0n) is 5.91. The Balaban J connectivity index is 3.16. The van der Waals surface area contributed by atoms with Crippen LogP contribution >= 0.6 is 0 Å². The SMILES string of the molecule is N=CCOC=CNCC(=O)O. The lowest BCUT2D eigenvalue weighted by Gasteiger charge is -1.94. The molecule has 0 spiro atoms. The highest BCUT2D eigenvalue weighted by atomic mass is 16.5. The van der Waals surface area contributed by atoms with Crippen LogP contribution in [0, 0.1) is 5.41 Å². The summed E-state index contributed by atoms with van der Waals surface area (Å²) in [6.45, 7) is 0.0652. The molecule has 0 aliphatic heterocycles. The zero-order valence-corrected chi connectivity index (χ0v) is 5.91. The van der Waals surface area contributed by atoms with Gasteiger partial charge in [0.05, 0.1) is 6.26 Å². The average molecular weight is 158 g/mol. The molecule has 11 heavy (non-hydrogen) atoms. The van der Waals surface area contributed by atoms with Gasteiger partial charge in [-0.1, -0.05) is 0 Å². The Hall–Kier alpha value is -1.52. The van der Waals surface area contributed by atoms with Crippen LogP contribution in [0.15, 0.2) is 12.5 Å². The van der Waals surface area contributed by atoms with E-state index in [1.165, 1.54) is 12.5 Å². The molecule has 0 radical (unpaired) electrons. The molecule has 0 amide bonds. The molecule has 5 nitrogen and oxygen atoms in total. The van der Waals surface area contributed by atoms with E-state index in [4.69, 9.17) is 10.5 Å². The van der Waals surface area contributed by atoms with Gasteiger partial charge in [-0.15, -0.1) is 0 Å². The molecule has 0 heterocycles. The van der Waals surface area contributed by atoms with Crippen LogP contribution in [0.1, 0.15) is 0 Å². The fourth-order valence-corrected chi connectivity index (χ4v) is 0.346. The van der Waals surface area contributed by atoms with Crippen LogP contribution in [0.2, 0.25) is 0 Å². The summed E-state index contributed by atoms with van der Waals surface area (Å²) in [7, 11) is 0. The second kappa shape index (κ2) is 6.60. The lowest BCUT2D eigenvalue weighted by atomic mass is 10.6. The van der Waals surface area contributed by atoms with Gasteiger partial charge < -0.3 is 20.6 Å². The van der Waals surface area contributed by atoms with E-state index in [9.17, 15) is 4.79 Å². The van der Waals surface area contributed by atoms with E-state index in [-0.39, 0.29) is 13.2 Å². The number of ether oxygens (including phenoxy) is 1. The summed E-state index contributed by atoms with van der Waals surface area (Å²) in [5, 5.41) is 17.2. The molecule has 0 aliphatic carbocycles. The summed E-state index contributed by atoms with van der Waals surface area (Å²) in [4.78, 5) is 9.91. The predicted molar refractivity (Wildman–Crippen MR) is 39.5 cm³/mol. The quantitative estimate of drug-likeness (QED) is 0.284. The standard InChI is InChI=1S/C6H10N2O3/c7-1-3-11-4-2-8-5-6(9)10/h1-2,4,7-8H,3,5H2,(H,9,10). The number of hydrogen-bond donors (Lipinski definition) is 3. The van der Waals surface area contributed by atoms with Crippen molar-refractivity contribution in [1.82, 2.24) is 5.32 Å². The van der Waals surface area contributed by atoms with Crippen LogP contribution in [0.4, 0.5) is 0 Å². The van der Waals surface area contributed by atoms with Gasteiger partial charge in [0.1, 0.15) is 13.2 Å². The van der Waals surface area contributed by atoms with E-state index < -0.39 is 5.97 Å². The maximum absolute atomic E-state index is 9.91. The first-order valence-corrected chi connectivity index (χ1v) is 2.98. The lowest BCUT2D eigenvalue weighted by Crippen LogP contribution is -2.16. The topological polar surface area (TPSA) is 82.4 Å². The van der Waals surface area contributed by atoms with Gasteiger partial charge in [0, 0.05) is 12.4 Å². The van der Waals surface area contributed by atoms with E-state index in [1.807, 2.05) is 0 Å². The largest absolute Gasteiger partial charge is 0.494 e. The fraction of sp³-hybridized carbons (Fsp3) is 0.333. The Bertz CT molecular complexity index is 156. The molecule has 62 valence electrons. The second-order valence-electron chi connectivity index (χ2n) is 1.61. The van der Waals surface area contributed by atoms with Crippen LogP contribution in [-0.4, -0.2) is 30.4 Å². The van der Waals surface area contributed by atoms with Crippen LogP contribution in [0.25, 0.3) is 0 Å². The summed E-state index contributed by atoms with van der Waals surface area (Å²) in [5.74, 6) is -0.929. The predicted octanol–water partition coefficient (Wildman–Crippen LogP) is -0.202. The van der Waals surface area contributed by atoms with Gasteiger partial charge in [-0.05, 0) is 0 Å². The maximum atomic E-state index is 9.91. The molecule has 0 aromatic rings. The van der Waals surface area contributed by atoms with Gasteiger partial charge in [0.15, 0.2) is 0 Å². The number of carbonyl (C=O) groups is 1. The summed E-state index contributed by atoms with van der Waals surface area (Å²) in [5.41, 5.74) is 0. The average Bonchev–Trinajstić information content (AvgIpc) is 1.96. The minimum Gasteiger partial charge on any atom is -0.494 e. The first-order chi connectivity index (χ1) is 5.27. The number of nitrogens with one attached hydrogen (secondary N) is 2. The van der Waals surface area contributed by atoms with Crippen molar-refractivity contribution in [3.8, 4) is 0 Å². The van der Waals surface area contributed by atoms with Crippen molar-refractivity contribution in [2.75, 3.05) is 13.2 Å². The van der Waals surface area contributed by atoms with Crippen molar-refractivity contribution in [1.29, 1.82) is 5.41 Å². The van der Waals surface area contributed by atoms with Gasteiger partial charge >= 0.3 is 5.97 Å². The van der Waals surface area contributed by atoms with Crippen LogP contribution in [0.3, 0.4) is 0 Å². The van der Waals surface area contributed by atoms with Gasteiger partial charge in [0.25, 0.3) is 0 Å². The van der Waals surface area contributed by atoms with Gasteiger partial charge in [-0.2, -0.15) is 0 Å². The highest BCUT2D eigenvalue weighted by molar-refractivity contribution is 5.69. The normalized spacial score (nSPS) is 9.45. The van der Waals surface area contributed by atoms with Crippen molar-refractivity contribution in [2.45, 2.75) is 0 Å². The van der Waals surface area contributed by atoms with Crippen molar-refractivity contribution < 1.29 is 14.6 Å². The van der Waals surface area contributed by atoms with Crippen LogP contribution < -0.4 is 5.32 Å². The molecule has 0 aliphatic rings. The third-order valence-corrected chi connectivity index (χ3v) is 0.715. The zero-order chi connectivity index (χ0) is 8.53. The molecule has 0 aromatic carbocycles. The van der Waals surface area contributed by atoms with E-state index >= 15 is 0 Å². The van der Waals surface area contributed by atoms with Crippen molar-refractivity contribution in [2.24, 2.45) is 0 Å².